The highest BCUT2D eigenvalue weighted by molar-refractivity contribution is 7.93. The Labute approximate surface area is 163 Å². The number of carbonyl (C=O) groups excluding carboxylic acids is 1. The van der Waals surface area contributed by atoms with Crippen LogP contribution in [0, 0.1) is 11.7 Å². The standard InChI is InChI=1S/C17H16F4N4O3S/c18-11-4-6-12(7-5-11)25-29(27,28)16-14(9-22-24-16)15(26)23-13-3-1-2-10(8-13)17(19,20)21/h1-8,14,16,22,24-25H,9H2,(H,23,26). The Kier molecular flexibility index (Phi) is 5.78. The molecule has 1 saturated heterocycles. The zero-order chi connectivity index (χ0) is 21.2. The smallest absolute Gasteiger partial charge is 0.326 e. The van der Waals surface area contributed by atoms with Crippen LogP contribution in [-0.4, -0.2) is 26.2 Å². The van der Waals surface area contributed by atoms with Crippen LogP contribution in [0.2, 0.25) is 0 Å². The lowest BCUT2D eigenvalue weighted by molar-refractivity contribution is -0.137. The zero-order valence-electron chi connectivity index (χ0n) is 14.6. The first kappa shape index (κ1) is 21.0. The summed E-state index contributed by atoms with van der Waals surface area (Å²) < 4.78 is 78.9. The molecule has 1 aliphatic heterocycles. The molecule has 0 radical (unpaired) electrons. The molecule has 4 N–H and O–H groups in total. The number of halogens is 4. The summed E-state index contributed by atoms with van der Waals surface area (Å²) in [4.78, 5) is 12.5. The van der Waals surface area contributed by atoms with E-state index < -0.39 is 44.8 Å². The number of alkyl halides is 3. The van der Waals surface area contributed by atoms with E-state index in [0.717, 1.165) is 30.3 Å². The number of carbonyl (C=O) groups is 1. The van der Waals surface area contributed by atoms with Crippen molar-refractivity contribution in [1.82, 2.24) is 10.9 Å². The van der Waals surface area contributed by atoms with Gasteiger partial charge in [0.25, 0.3) is 10.0 Å². The zero-order valence-corrected chi connectivity index (χ0v) is 15.4. The van der Waals surface area contributed by atoms with Crippen molar-refractivity contribution in [3.05, 3.63) is 59.9 Å². The minimum Gasteiger partial charge on any atom is -0.326 e. The highest BCUT2D eigenvalue weighted by Gasteiger charge is 2.42. The van der Waals surface area contributed by atoms with Crippen LogP contribution in [0.4, 0.5) is 28.9 Å². The molecule has 2 atom stereocenters. The molecule has 1 fully saturated rings. The molecule has 3 rings (SSSR count). The molecule has 0 aromatic heterocycles. The van der Waals surface area contributed by atoms with Crippen molar-refractivity contribution >= 4 is 27.3 Å². The van der Waals surface area contributed by atoms with Crippen LogP contribution < -0.4 is 20.9 Å². The largest absolute Gasteiger partial charge is 0.416 e. The van der Waals surface area contributed by atoms with E-state index >= 15 is 0 Å². The number of hydrogen-bond acceptors (Lipinski definition) is 5. The van der Waals surface area contributed by atoms with Crippen LogP contribution in [0.25, 0.3) is 0 Å². The second-order valence-corrected chi connectivity index (χ2v) is 8.08. The summed E-state index contributed by atoms with van der Waals surface area (Å²) in [5.41, 5.74) is 4.06. The number of hydrogen-bond donors (Lipinski definition) is 4. The fourth-order valence-corrected chi connectivity index (χ4v) is 4.24. The summed E-state index contributed by atoms with van der Waals surface area (Å²) in [5.74, 6) is -2.47. The predicted octanol–water partition coefficient (Wildman–Crippen LogP) is 2.28. The van der Waals surface area contributed by atoms with Gasteiger partial charge in [-0.1, -0.05) is 6.07 Å². The third kappa shape index (κ3) is 5.02. The normalized spacial score (nSPS) is 19.7. The second kappa shape index (κ2) is 7.97. The molecular weight excluding hydrogens is 416 g/mol. The number of benzene rings is 2. The molecule has 1 heterocycles. The summed E-state index contributed by atoms with van der Waals surface area (Å²) in [5, 5.41) is 0.905. The van der Waals surface area contributed by atoms with Crippen molar-refractivity contribution in [2.75, 3.05) is 16.6 Å². The van der Waals surface area contributed by atoms with Crippen LogP contribution in [0.1, 0.15) is 5.56 Å². The van der Waals surface area contributed by atoms with Gasteiger partial charge in [0.1, 0.15) is 5.82 Å². The van der Waals surface area contributed by atoms with Crippen molar-refractivity contribution in [2.45, 2.75) is 11.6 Å². The lowest BCUT2D eigenvalue weighted by atomic mass is 10.1. The van der Waals surface area contributed by atoms with Crippen molar-refractivity contribution in [2.24, 2.45) is 5.92 Å². The maximum Gasteiger partial charge on any atom is 0.416 e. The Morgan fingerprint density at radius 2 is 1.76 bits per heavy atom. The lowest BCUT2D eigenvalue weighted by Crippen LogP contribution is -2.45. The minimum absolute atomic E-state index is 0.0697. The van der Waals surface area contributed by atoms with Gasteiger partial charge in [-0.25, -0.2) is 18.2 Å². The molecule has 1 amide bonds. The van der Waals surface area contributed by atoms with Gasteiger partial charge in [0.05, 0.1) is 11.5 Å². The molecule has 156 valence electrons. The first-order valence-corrected chi connectivity index (χ1v) is 9.84. The van der Waals surface area contributed by atoms with E-state index in [1.807, 2.05) is 0 Å². The number of rotatable bonds is 5. The molecule has 0 aliphatic carbocycles. The molecule has 2 unspecified atom stereocenters. The van der Waals surface area contributed by atoms with Gasteiger partial charge < -0.3 is 5.32 Å². The predicted molar refractivity (Wildman–Crippen MR) is 97.4 cm³/mol. The van der Waals surface area contributed by atoms with E-state index in [4.69, 9.17) is 0 Å². The van der Waals surface area contributed by atoms with Crippen LogP contribution in [0.3, 0.4) is 0 Å². The molecule has 7 nitrogen and oxygen atoms in total. The monoisotopic (exact) mass is 432 g/mol. The molecule has 0 saturated carbocycles. The van der Waals surface area contributed by atoms with Crippen LogP contribution in [0.5, 0.6) is 0 Å². The van der Waals surface area contributed by atoms with Crippen molar-refractivity contribution in [3.8, 4) is 0 Å². The van der Waals surface area contributed by atoms with Gasteiger partial charge in [0.2, 0.25) is 5.91 Å². The summed E-state index contributed by atoms with van der Waals surface area (Å²) in [6.07, 6.45) is -4.58. The third-order valence-corrected chi connectivity index (χ3v) is 5.80. The summed E-state index contributed by atoms with van der Waals surface area (Å²) in [6.45, 7) is -0.0697. The van der Waals surface area contributed by atoms with Crippen molar-refractivity contribution in [3.63, 3.8) is 0 Å². The van der Waals surface area contributed by atoms with E-state index in [2.05, 4.69) is 20.9 Å². The van der Waals surface area contributed by atoms with E-state index in [9.17, 15) is 30.8 Å². The molecule has 0 bridgehead atoms. The fourth-order valence-electron chi connectivity index (χ4n) is 2.76. The van der Waals surface area contributed by atoms with Crippen molar-refractivity contribution in [1.29, 1.82) is 0 Å². The summed E-state index contributed by atoms with van der Waals surface area (Å²) >= 11 is 0. The average Bonchev–Trinajstić information content (AvgIpc) is 3.14. The van der Waals surface area contributed by atoms with Crippen LogP contribution >= 0.6 is 0 Å². The van der Waals surface area contributed by atoms with E-state index in [1.165, 1.54) is 18.2 Å². The topological polar surface area (TPSA) is 99.3 Å². The van der Waals surface area contributed by atoms with Gasteiger partial charge in [-0.05, 0) is 42.5 Å². The van der Waals surface area contributed by atoms with E-state index in [1.54, 1.807) is 0 Å². The number of hydrazine groups is 1. The molecule has 2 aromatic carbocycles. The maximum atomic E-state index is 13.0. The first-order valence-electron chi connectivity index (χ1n) is 8.30. The Morgan fingerprint density at radius 1 is 1.07 bits per heavy atom. The van der Waals surface area contributed by atoms with Gasteiger partial charge >= 0.3 is 6.18 Å². The fraction of sp³-hybridized carbons (Fsp3) is 0.235. The number of nitrogens with one attached hydrogen (secondary N) is 4. The number of amides is 1. The average molecular weight is 432 g/mol. The van der Waals surface area contributed by atoms with Gasteiger partial charge in [-0.15, -0.1) is 0 Å². The highest BCUT2D eigenvalue weighted by Crippen LogP contribution is 2.31. The Hall–Kier alpha value is -2.70. The molecule has 1 aliphatic rings. The highest BCUT2D eigenvalue weighted by atomic mass is 32.2. The van der Waals surface area contributed by atoms with Gasteiger partial charge in [0.15, 0.2) is 5.37 Å². The summed E-state index contributed by atoms with van der Waals surface area (Å²) in [6, 6.07) is 8.57. The van der Waals surface area contributed by atoms with Crippen LogP contribution in [-0.2, 0) is 21.0 Å². The van der Waals surface area contributed by atoms with Gasteiger partial charge in [-0.3, -0.25) is 14.9 Å². The van der Waals surface area contributed by atoms with E-state index in [0.29, 0.717) is 0 Å². The molecule has 2 aromatic rings. The van der Waals surface area contributed by atoms with Gasteiger partial charge in [0, 0.05) is 17.9 Å². The Bertz CT molecular complexity index is 996. The van der Waals surface area contributed by atoms with Crippen LogP contribution in [0.15, 0.2) is 48.5 Å². The quantitative estimate of drug-likeness (QED) is 0.544. The third-order valence-electron chi connectivity index (χ3n) is 4.16. The Balaban J connectivity index is 1.74. The maximum absolute atomic E-state index is 13.0. The number of anilines is 2. The summed E-state index contributed by atoms with van der Waals surface area (Å²) in [7, 11) is -4.13. The van der Waals surface area contributed by atoms with Gasteiger partial charge in [-0.2, -0.15) is 13.2 Å². The van der Waals surface area contributed by atoms with Crippen molar-refractivity contribution < 1.29 is 30.8 Å². The lowest BCUT2D eigenvalue weighted by Gasteiger charge is -2.20. The molecule has 12 heteroatoms. The molecule has 0 spiro atoms. The molecular formula is C17H16F4N4O3S. The minimum atomic E-state index is -4.58. The second-order valence-electron chi connectivity index (χ2n) is 6.27. The Morgan fingerprint density at radius 3 is 2.41 bits per heavy atom. The molecule has 29 heavy (non-hydrogen) atoms. The number of sulfonamides is 1. The first-order chi connectivity index (χ1) is 13.6. The van der Waals surface area contributed by atoms with E-state index in [-0.39, 0.29) is 17.9 Å². The SMILES string of the molecule is O=C(Nc1cccc(C(F)(F)F)c1)C1CNNC1S(=O)(=O)Nc1ccc(F)cc1.